The summed E-state index contributed by atoms with van der Waals surface area (Å²) in [4.78, 5) is 10.3. The molecule has 3 nitrogen and oxygen atoms in total. The molecular formula is C7H13BO3. The van der Waals surface area contributed by atoms with Crippen molar-refractivity contribution < 1.29 is 14.1 Å². The third-order valence-electron chi connectivity index (χ3n) is 2.38. The lowest BCUT2D eigenvalue weighted by atomic mass is 9.90. The van der Waals surface area contributed by atoms with Gasteiger partial charge in [0.15, 0.2) is 6.19 Å². The standard InChI is InChI=1S/C7H13BO3/c1-6(2)7(3,4)11-8(5-9)10-6/h5H,1-4H3. The van der Waals surface area contributed by atoms with Crippen molar-refractivity contribution in [1.29, 1.82) is 0 Å². The van der Waals surface area contributed by atoms with Crippen LogP contribution in [-0.4, -0.2) is 24.5 Å². The summed E-state index contributed by atoms with van der Waals surface area (Å²) in [6.45, 7) is 7.65. The Kier molecular flexibility index (Phi) is 1.85. The predicted octanol–water partition coefficient (Wildman–Crippen LogP) is 0.850. The van der Waals surface area contributed by atoms with Gasteiger partial charge in [-0.25, -0.2) is 0 Å². The van der Waals surface area contributed by atoms with Crippen molar-refractivity contribution in [3.05, 3.63) is 0 Å². The normalized spacial score (nSPS) is 27.1. The van der Waals surface area contributed by atoms with Crippen molar-refractivity contribution in [3.63, 3.8) is 0 Å². The molecule has 0 amide bonds. The van der Waals surface area contributed by atoms with Gasteiger partial charge in [0, 0.05) is 0 Å². The molecule has 0 atom stereocenters. The molecule has 0 saturated carbocycles. The van der Waals surface area contributed by atoms with Crippen LogP contribution < -0.4 is 0 Å². The van der Waals surface area contributed by atoms with Gasteiger partial charge in [-0.05, 0) is 27.7 Å². The number of carbonyl (C=O) groups is 1. The monoisotopic (exact) mass is 156 g/mol. The maximum absolute atomic E-state index is 10.3. The molecule has 0 spiro atoms. The molecule has 0 aromatic rings. The zero-order valence-corrected chi connectivity index (χ0v) is 7.38. The van der Waals surface area contributed by atoms with Gasteiger partial charge < -0.3 is 14.1 Å². The van der Waals surface area contributed by atoms with Gasteiger partial charge in [0.1, 0.15) is 0 Å². The molecule has 0 N–H and O–H groups in total. The van der Waals surface area contributed by atoms with Gasteiger partial charge in [-0.1, -0.05) is 0 Å². The second-order valence-electron chi connectivity index (χ2n) is 3.76. The van der Waals surface area contributed by atoms with E-state index in [1.54, 1.807) is 0 Å². The topological polar surface area (TPSA) is 35.5 Å². The van der Waals surface area contributed by atoms with Crippen LogP contribution in [0, 0.1) is 0 Å². The minimum absolute atomic E-state index is 0.390. The van der Waals surface area contributed by atoms with E-state index < -0.39 is 18.3 Å². The van der Waals surface area contributed by atoms with Crippen LogP contribution >= 0.6 is 0 Å². The van der Waals surface area contributed by atoms with Gasteiger partial charge >= 0.3 is 7.12 Å². The van der Waals surface area contributed by atoms with Crippen LogP contribution in [0.1, 0.15) is 27.7 Å². The maximum Gasteiger partial charge on any atom is 0.529 e. The molecule has 62 valence electrons. The van der Waals surface area contributed by atoms with Crippen LogP contribution in [0.2, 0.25) is 0 Å². The summed E-state index contributed by atoms with van der Waals surface area (Å²) in [6, 6.07) is 0. The highest BCUT2D eigenvalue weighted by atomic mass is 16.7. The Morgan fingerprint density at radius 1 is 1.09 bits per heavy atom. The summed E-state index contributed by atoms with van der Waals surface area (Å²) in [5.74, 6) is 0. The molecule has 1 rings (SSSR count). The van der Waals surface area contributed by atoms with E-state index in [1.165, 1.54) is 0 Å². The summed E-state index contributed by atoms with van der Waals surface area (Å²) < 4.78 is 10.6. The second kappa shape index (κ2) is 2.32. The van der Waals surface area contributed by atoms with Crippen LogP contribution in [0.5, 0.6) is 0 Å². The molecule has 4 heteroatoms. The van der Waals surface area contributed by atoms with E-state index in [9.17, 15) is 4.79 Å². The molecule has 0 unspecified atom stereocenters. The molecule has 0 aromatic carbocycles. The largest absolute Gasteiger partial charge is 0.529 e. The van der Waals surface area contributed by atoms with Gasteiger partial charge in [-0.2, -0.15) is 0 Å². The lowest BCUT2D eigenvalue weighted by Gasteiger charge is -2.32. The van der Waals surface area contributed by atoms with Crippen molar-refractivity contribution in [1.82, 2.24) is 0 Å². The van der Waals surface area contributed by atoms with E-state index in [0.717, 1.165) is 0 Å². The van der Waals surface area contributed by atoms with Crippen molar-refractivity contribution in [3.8, 4) is 0 Å². The summed E-state index contributed by atoms with van der Waals surface area (Å²) >= 11 is 0. The summed E-state index contributed by atoms with van der Waals surface area (Å²) in [7, 11) is -0.694. The van der Waals surface area contributed by atoms with Crippen molar-refractivity contribution in [2.45, 2.75) is 38.9 Å². The number of carbonyl (C=O) groups excluding carboxylic acids is 1. The molecule has 0 radical (unpaired) electrons. The molecule has 1 aliphatic rings. The molecular weight excluding hydrogens is 143 g/mol. The average molecular weight is 156 g/mol. The fraction of sp³-hybridized carbons (Fsp3) is 0.857. The lowest BCUT2D eigenvalue weighted by molar-refractivity contribution is 0.00578. The zero-order valence-electron chi connectivity index (χ0n) is 7.38. The van der Waals surface area contributed by atoms with Crippen LogP contribution in [0.4, 0.5) is 0 Å². The first-order valence-corrected chi connectivity index (χ1v) is 3.70. The summed E-state index contributed by atoms with van der Waals surface area (Å²) in [5.41, 5.74) is -0.781. The molecule has 1 aliphatic heterocycles. The fourth-order valence-corrected chi connectivity index (χ4v) is 0.944. The van der Waals surface area contributed by atoms with E-state index in [-0.39, 0.29) is 0 Å². The number of hydrogen-bond donors (Lipinski definition) is 0. The minimum atomic E-state index is -0.694. The van der Waals surface area contributed by atoms with Gasteiger partial charge in [0.05, 0.1) is 11.2 Å². The Morgan fingerprint density at radius 2 is 1.45 bits per heavy atom. The lowest BCUT2D eigenvalue weighted by Crippen LogP contribution is -2.41. The first-order valence-electron chi connectivity index (χ1n) is 3.70. The van der Waals surface area contributed by atoms with Gasteiger partial charge in [0.2, 0.25) is 0 Å². The highest BCUT2D eigenvalue weighted by molar-refractivity contribution is 6.74. The quantitative estimate of drug-likeness (QED) is 0.417. The third-order valence-corrected chi connectivity index (χ3v) is 2.38. The minimum Gasteiger partial charge on any atom is -0.398 e. The van der Waals surface area contributed by atoms with E-state index in [0.29, 0.717) is 6.19 Å². The zero-order chi connectivity index (χ0) is 8.70. The van der Waals surface area contributed by atoms with Crippen LogP contribution in [0.3, 0.4) is 0 Å². The molecule has 0 aliphatic carbocycles. The van der Waals surface area contributed by atoms with E-state index in [4.69, 9.17) is 9.31 Å². The highest BCUT2D eigenvalue weighted by Gasteiger charge is 2.51. The Morgan fingerprint density at radius 3 is 1.64 bits per heavy atom. The number of hydrogen-bond acceptors (Lipinski definition) is 3. The second-order valence-corrected chi connectivity index (χ2v) is 3.76. The Hall–Kier alpha value is -0.345. The molecule has 1 saturated heterocycles. The Labute approximate surface area is 67.2 Å². The van der Waals surface area contributed by atoms with E-state index in [2.05, 4.69) is 0 Å². The number of rotatable bonds is 1. The van der Waals surface area contributed by atoms with Crippen LogP contribution in [-0.2, 0) is 14.1 Å². The molecule has 0 aromatic heterocycles. The highest BCUT2D eigenvalue weighted by Crippen LogP contribution is 2.35. The van der Waals surface area contributed by atoms with Crippen LogP contribution in [0.25, 0.3) is 0 Å². The Balaban J connectivity index is 2.79. The fourth-order valence-electron chi connectivity index (χ4n) is 0.944. The summed E-state index contributed by atoms with van der Waals surface area (Å²) in [5, 5.41) is 0. The predicted molar refractivity (Wildman–Crippen MR) is 42.8 cm³/mol. The Bertz CT molecular complexity index is 161. The van der Waals surface area contributed by atoms with E-state index in [1.807, 2.05) is 27.7 Å². The molecule has 0 bridgehead atoms. The van der Waals surface area contributed by atoms with Crippen molar-refractivity contribution >= 4 is 13.3 Å². The van der Waals surface area contributed by atoms with Crippen LogP contribution in [0.15, 0.2) is 0 Å². The average Bonchev–Trinajstić information content (AvgIpc) is 2.03. The van der Waals surface area contributed by atoms with Gasteiger partial charge in [-0.3, -0.25) is 0 Å². The first-order chi connectivity index (χ1) is 4.89. The third kappa shape index (κ3) is 1.33. The van der Waals surface area contributed by atoms with Gasteiger partial charge in [-0.15, -0.1) is 0 Å². The molecule has 1 heterocycles. The molecule has 1 fully saturated rings. The van der Waals surface area contributed by atoms with Gasteiger partial charge in [0.25, 0.3) is 0 Å². The summed E-state index contributed by atoms with van der Waals surface area (Å²) in [6.07, 6.45) is 0.677. The maximum atomic E-state index is 10.3. The van der Waals surface area contributed by atoms with Crippen molar-refractivity contribution in [2.75, 3.05) is 0 Å². The first kappa shape index (κ1) is 8.75. The SMILES string of the molecule is CC1(C)OB(C=O)OC1(C)C. The molecule has 11 heavy (non-hydrogen) atoms. The smallest absolute Gasteiger partial charge is 0.398 e. The van der Waals surface area contributed by atoms with E-state index >= 15 is 0 Å². The van der Waals surface area contributed by atoms with Crippen molar-refractivity contribution in [2.24, 2.45) is 0 Å².